The third kappa shape index (κ3) is 25.9. The third-order valence-corrected chi connectivity index (χ3v) is 6.38. The van der Waals surface area contributed by atoms with E-state index in [9.17, 15) is 19.0 Å². The fourth-order valence-corrected chi connectivity index (χ4v) is 4.15. The average Bonchev–Trinajstić information content (AvgIpc) is 2.86. The van der Waals surface area contributed by atoms with Crippen LogP contribution in [0.15, 0.2) is 24.3 Å². The number of phosphoric acid groups is 1. The maximum absolute atomic E-state index is 12.1. The number of allylic oxidation sites excluding steroid dienone is 4. The summed E-state index contributed by atoms with van der Waals surface area (Å²) < 4.78 is 31.3. The number of hydrogen-bond donors (Lipinski definition) is 2. The van der Waals surface area contributed by atoms with E-state index in [4.69, 9.17) is 19.7 Å². The van der Waals surface area contributed by atoms with Gasteiger partial charge in [-0.2, -0.15) is 0 Å². The first-order valence-corrected chi connectivity index (χ1v) is 15.2. The Morgan fingerprint density at radius 3 is 2.05 bits per heavy atom. The molecule has 10 heteroatoms. The normalized spacial score (nSPS) is 14.2. The standard InChI is InChI=1S/C27H50NO8P/c1-3-4-5-6-7-8-9-10-11-12-13-14-15-16-17-18-19-20-27(30)36-26(23-33-25(2)29)24-35-37(31,32)34-22-21-28/h7-8,10-11,26H,3-6,9,12-24,28H2,1-2H3,(H,31,32)/b8-7-,11-10-. The summed E-state index contributed by atoms with van der Waals surface area (Å²) >= 11 is 0. The largest absolute Gasteiger partial charge is 0.472 e. The monoisotopic (exact) mass is 547 g/mol. The molecule has 0 aromatic heterocycles. The van der Waals surface area contributed by atoms with Crippen LogP contribution in [0.3, 0.4) is 0 Å². The highest BCUT2D eigenvalue weighted by molar-refractivity contribution is 7.47. The molecule has 9 nitrogen and oxygen atoms in total. The van der Waals surface area contributed by atoms with Gasteiger partial charge < -0.3 is 20.1 Å². The summed E-state index contributed by atoms with van der Waals surface area (Å²) in [4.78, 5) is 32.8. The zero-order valence-corrected chi connectivity index (χ0v) is 23.8. The highest BCUT2D eigenvalue weighted by Gasteiger charge is 2.25. The molecular weight excluding hydrogens is 497 g/mol. The number of esters is 2. The predicted molar refractivity (Wildman–Crippen MR) is 146 cm³/mol. The Labute approximate surface area is 223 Å². The second-order valence-electron chi connectivity index (χ2n) is 8.99. The van der Waals surface area contributed by atoms with E-state index in [1.807, 2.05) is 0 Å². The molecule has 0 aromatic rings. The van der Waals surface area contributed by atoms with Gasteiger partial charge in [0.25, 0.3) is 0 Å². The van der Waals surface area contributed by atoms with Gasteiger partial charge in [-0.15, -0.1) is 0 Å². The Balaban J connectivity index is 3.89. The molecule has 0 aromatic carbocycles. The number of carbonyl (C=O) groups is 2. The molecule has 0 saturated carbocycles. The van der Waals surface area contributed by atoms with E-state index >= 15 is 0 Å². The van der Waals surface area contributed by atoms with Crippen molar-refractivity contribution in [2.45, 2.75) is 110 Å². The third-order valence-electron chi connectivity index (χ3n) is 5.40. The minimum atomic E-state index is -4.33. The number of hydrogen-bond acceptors (Lipinski definition) is 8. The van der Waals surface area contributed by atoms with Crippen LogP contribution in [0.1, 0.15) is 104 Å². The highest BCUT2D eigenvalue weighted by Crippen LogP contribution is 2.43. The van der Waals surface area contributed by atoms with Crippen molar-refractivity contribution in [3.8, 4) is 0 Å². The smallest absolute Gasteiger partial charge is 0.462 e. The lowest BCUT2D eigenvalue weighted by Gasteiger charge is -2.19. The van der Waals surface area contributed by atoms with Crippen LogP contribution in [0.2, 0.25) is 0 Å². The molecule has 2 atom stereocenters. The number of rotatable bonds is 25. The van der Waals surface area contributed by atoms with Crippen LogP contribution in [0, 0.1) is 0 Å². The van der Waals surface area contributed by atoms with Crippen molar-refractivity contribution in [2.75, 3.05) is 26.4 Å². The lowest BCUT2D eigenvalue weighted by atomic mass is 10.1. The summed E-state index contributed by atoms with van der Waals surface area (Å²) in [6.45, 7) is 2.62. The minimum absolute atomic E-state index is 0.0501. The number of carbonyl (C=O) groups excluding carboxylic acids is 2. The van der Waals surface area contributed by atoms with Crippen molar-refractivity contribution < 1.29 is 37.6 Å². The summed E-state index contributed by atoms with van der Waals surface area (Å²) in [6.07, 6.45) is 22.9. The Kier molecular flexibility index (Phi) is 23.8. The van der Waals surface area contributed by atoms with Gasteiger partial charge in [0.2, 0.25) is 0 Å². The van der Waals surface area contributed by atoms with E-state index in [0.29, 0.717) is 6.42 Å². The molecule has 0 amide bonds. The maximum Gasteiger partial charge on any atom is 0.472 e. The molecule has 0 bridgehead atoms. The van der Waals surface area contributed by atoms with Gasteiger partial charge in [-0.1, -0.05) is 76.2 Å². The van der Waals surface area contributed by atoms with Gasteiger partial charge in [0.1, 0.15) is 6.61 Å². The summed E-state index contributed by atoms with van der Waals surface area (Å²) in [5.41, 5.74) is 5.23. The summed E-state index contributed by atoms with van der Waals surface area (Å²) in [5.74, 6) is -1.03. The molecule has 0 aliphatic heterocycles. The molecule has 0 saturated heterocycles. The van der Waals surface area contributed by atoms with Crippen molar-refractivity contribution in [2.24, 2.45) is 5.73 Å². The number of phosphoric ester groups is 1. The number of nitrogens with two attached hydrogens (primary N) is 1. The van der Waals surface area contributed by atoms with Crippen molar-refractivity contribution in [3.05, 3.63) is 24.3 Å². The summed E-state index contributed by atoms with van der Waals surface area (Å²) in [5, 5.41) is 0. The molecule has 37 heavy (non-hydrogen) atoms. The second kappa shape index (κ2) is 24.8. The van der Waals surface area contributed by atoms with Gasteiger partial charge in [-0.05, 0) is 38.5 Å². The van der Waals surface area contributed by atoms with Crippen LogP contribution in [0.4, 0.5) is 0 Å². The van der Waals surface area contributed by atoms with Crippen LogP contribution < -0.4 is 5.73 Å². The minimum Gasteiger partial charge on any atom is -0.462 e. The fourth-order valence-electron chi connectivity index (χ4n) is 3.39. The quantitative estimate of drug-likeness (QED) is 0.0597. The Hall–Kier alpha value is -1.51. The first-order valence-electron chi connectivity index (χ1n) is 13.8. The van der Waals surface area contributed by atoms with E-state index in [2.05, 4.69) is 35.8 Å². The van der Waals surface area contributed by atoms with Gasteiger partial charge in [0.05, 0.1) is 13.2 Å². The van der Waals surface area contributed by atoms with Crippen molar-refractivity contribution >= 4 is 19.8 Å². The molecule has 0 radical (unpaired) electrons. The number of unbranched alkanes of at least 4 members (excludes halogenated alkanes) is 10. The molecule has 0 fully saturated rings. The Morgan fingerprint density at radius 1 is 0.865 bits per heavy atom. The molecule has 0 spiro atoms. The van der Waals surface area contributed by atoms with E-state index in [1.54, 1.807) is 0 Å². The molecule has 0 aliphatic carbocycles. The van der Waals surface area contributed by atoms with E-state index in [-0.39, 0.29) is 26.2 Å². The van der Waals surface area contributed by atoms with Crippen LogP contribution in [0.5, 0.6) is 0 Å². The van der Waals surface area contributed by atoms with E-state index in [0.717, 1.165) is 32.1 Å². The van der Waals surface area contributed by atoms with Crippen LogP contribution in [0.25, 0.3) is 0 Å². The zero-order chi connectivity index (χ0) is 27.6. The molecule has 0 rings (SSSR count). The first kappa shape index (κ1) is 35.5. The van der Waals surface area contributed by atoms with E-state index < -0.39 is 32.5 Å². The Morgan fingerprint density at radius 2 is 1.46 bits per heavy atom. The summed E-state index contributed by atoms with van der Waals surface area (Å²) in [7, 11) is -4.33. The molecule has 0 heterocycles. The number of ether oxygens (including phenoxy) is 2. The van der Waals surface area contributed by atoms with Gasteiger partial charge in [0, 0.05) is 19.9 Å². The maximum atomic E-state index is 12.1. The van der Waals surface area contributed by atoms with Crippen molar-refractivity contribution in [1.82, 2.24) is 0 Å². The lowest BCUT2D eigenvalue weighted by molar-refractivity contribution is -0.160. The average molecular weight is 548 g/mol. The Bertz CT molecular complexity index is 683. The topological polar surface area (TPSA) is 134 Å². The molecule has 3 N–H and O–H groups in total. The highest BCUT2D eigenvalue weighted by atomic mass is 31.2. The molecule has 216 valence electrons. The van der Waals surface area contributed by atoms with Crippen LogP contribution in [-0.4, -0.2) is 49.3 Å². The van der Waals surface area contributed by atoms with Gasteiger partial charge in [-0.25, -0.2) is 4.57 Å². The molecular formula is C27H50NO8P. The van der Waals surface area contributed by atoms with E-state index in [1.165, 1.54) is 51.9 Å². The second-order valence-corrected chi connectivity index (χ2v) is 10.4. The molecule has 0 aliphatic rings. The zero-order valence-electron chi connectivity index (χ0n) is 22.9. The first-order chi connectivity index (χ1) is 17.8. The SMILES string of the molecule is CCCCC/C=C\C/C=C\CCCCCCCCCC(=O)OC(COC(C)=O)COP(=O)(O)OCCN. The molecule has 2 unspecified atom stereocenters. The van der Waals surface area contributed by atoms with Crippen LogP contribution >= 0.6 is 7.82 Å². The fraction of sp³-hybridized carbons (Fsp3) is 0.778. The van der Waals surface area contributed by atoms with Crippen LogP contribution in [-0.2, 0) is 32.7 Å². The summed E-state index contributed by atoms with van der Waals surface area (Å²) in [6, 6.07) is 0. The van der Waals surface area contributed by atoms with Gasteiger partial charge in [0.15, 0.2) is 6.10 Å². The van der Waals surface area contributed by atoms with Gasteiger partial charge in [-0.3, -0.25) is 18.6 Å². The predicted octanol–water partition coefficient (Wildman–Crippen LogP) is 6.15. The lowest BCUT2D eigenvalue weighted by Crippen LogP contribution is -2.29. The van der Waals surface area contributed by atoms with Crippen molar-refractivity contribution in [1.29, 1.82) is 0 Å². The van der Waals surface area contributed by atoms with Gasteiger partial charge >= 0.3 is 19.8 Å². The van der Waals surface area contributed by atoms with Crippen molar-refractivity contribution in [3.63, 3.8) is 0 Å².